The second-order valence-corrected chi connectivity index (χ2v) is 6.24. The summed E-state index contributed by atoms with van der Waals surface area (Å²) in [6.45, 7) is 1.89. The summed E-state index contributed by atoms with van der Waals surface area (Å²) in [5, 5.41) is 0. The maximum atomic E-state index is 13.9. The van der Waals surface area contributed by atoms with Crippen LogP contribution < -0.4 is 4.74 Å². The van der Waals surface area contributed by atoms with E-state index in [1.54, 1.807) is 12.1 Å². The van der Waals surface area contributed by atoms with Gasteiger partial charge in [0.1, 0.15) is 5.75 Å². The highest BCUT2D eigenvalue weighted by Crippen LogP contribution is 2.40. The van der Waals surface area contributed by atoms with E-state index < -0.39 is 22.3 Å². The van der Waals surface area contributed by atoms with Crippen LogP contribution in [0.1, 0.15) is 21.5 Å². The molecule has 0 saturated heterocycles. The molecule has 6 heteroatoms. The van der Waals surface area contributed by atoms with Gasteiger partial charge in [-0.15, -0.1) is 0 Å². The van der Waals surface area contributed by atoms with Crippen LogP contribution in [-0.2, 0) is 0 Å². The minimum atomic E-state index is -1.48. The lowest BCUT2D eigenvalue weighted by Gasteiger charge is -2.17. The number of ether oxygens (including phenoxy) is 1. The fourth-order valence-corrected chi connectivity index (χ4v) is 3.02. The first-order chi connectivity index (χ1) is 9.86. The second-order valence-electron chi connectivity index (χ2n) is 4.47. The minimum Gasteiger partial charge on any atom is -0.496 e. The largest absolute Gasteiger partial charge is 0.496 e. The maximum Gasteiger partial charge on any atom is 0.194 e. The summed E-state index contributed by atoms with van der Waals surface area (Å²) in [4.78, 5) is -0.667. The molecule has 0 amide bonds. The summed E-state index contributed by atoms with van der Waals surface area (Å²) in [7, 11) is 1.49. The quantitative estimate of drug-likeness (QED) is 0.456. The van der Waals surface area contributed by atoms with Crippen LogP contribution in [0.15, 0.2) is 28.7 Å². The summed E-state index contributed by atoms with van der Waals surface area (Å²) in [6, 6.07) is 5.65. The van der Waals surface area contributed by atoms with Gasteiger partial charge in [0.15, 0.2) is 17.5 Å². The summed E-state index contributed by atoms with van der Waals surface area (Å²) in [5.74, 6) is -3.38. The van der Waals surface area contributed by atoms with Gasteiger partial charge in [0.2, 0.25) is 0 Å². The number of aryl methyl sites for hydroxylation is 1. The third kappa shape index (κ3) is 3.11. The highest BCUT2D eigenvalue weighted by atomic mass is 79.9. The van der Waals surface area contributed by atoms with Crippen molar-refractivity contribution in [1.29, 1.82) is 0 Å². The molecule has 0 radical (unpaired) electrons. The fraction of sp³-hybridized carbons (Fsp3) is 0.200. The van der Waals surface area contributed by atoms with Crippen LogP contribution in [0.5, 0.6) is 5.75 Å². The van der Waals surface area contributed by atoms with E-state index in [0.717, 1.165) is 16.1 Å². The molecule has 0 saturated carbocycles. The Hall–Kier alpha value is -1.01. The Kier molecular flexibility index (Phi) is 4.99. The van der Waals surface area contributed by atoms with E-state index in [9.17, 15) is 13.2 Å². The van der Waals surface area contributed by atoms with Crippen molar-refractivity contribution in [2.24, 2.45) is 0 Å². The Bertz CT molecular complexity index is 689. The van der Waals surface area contributed by atoms with Crippen molar-refractivity contribution in [2.45, 2.75) is 11.8 Å². The Morgan fingerprint density at radius 3 is 2.33 bits per heavy atom. The molecule has 1 nitrogen and oxygen atoms in total. The average Bonchev–Trinajstić information content (AvgIpc) is 2.46. The molecule has 1 atom stereocenters. The van der Waals surface area contributed by atoms with Crippen LogP contribution in [0.4, 0.5) is 13.2 Å². The van der Waals surface area contributed by atoms with E-state index in [0.29, 0.717) is 11.3 Å². The maximum absolute atomic E-state index is 13.9. The van der Waals surface area contributed by atoms with Crippen molar-refractivity contribution >= 4 is 31.9 Å². The van der Waals surface area contributed by atoms with Crippen LogP contribution in [-0.4, -0.2) is 7.11 Å². The van der Waals surface area contributed by atoms with E-state index in [4.69, 9.17) is 4.74 Å². The van der Waals surface area contributed by atoms with Crippen molar-refractivity contribution in [3.63, 3.8) is 0 Å². The molecular weight excluding hydrogens is 413 g/mol. The Morgan fingerprint density at radius 2 is 1.71 bits per heavy atom. The molecule has 0 bridgehead atoms. The first kappa shape index (κ1) is 16.4. The zero-order chi connectivity index (χ0) is 15.7. The average molecular weight is 424 g/mol. The number of rotatable bonds is 3. The minimum absolute atomic E-state index is 0.00273. The Balaban J connectivity index is 2.57. The number of benzene rings is 2. The molecule has 0 heterocycles. The van der Waals surface area contributed by atoms with Crippen molar-refractivity contribution in [3.8, 4) is 5.75 Å². The van der Waals surface area contributed by atoms with Gasteiger partial charge in [-0.3, -0.25) is 0 Å². The van der Waals surface area contributed by atoms with Crippen LogP contribution in [0.25, 0.3) is 0 Å². The molecule has 21 heavy (non-hydrogen) atoms. The third-order valence-corrected chi connectivity index (χ3v) is 4.96. The number of alkyl halides is 1. The predicted molar refractivity (Wildman–Crippen MR) is 82.5 cm³/mol. The summed E-state index contributed by atoms with van der Waals surface area (Å²) in [6.07, 6.45) is 0. The van der Waals surface area contributed by atoms with Crippen molar-refractivity contribution in [3.05, 3.63) is 62.9 Å². The zero-order valence-corrected chi connectivity index (χ0v) is 14.4. The molecule has 2 rings (SSSR count). The Labute approximate surface area is 137 Å². The lowest BCUT2D eigenvalue weighted by molar-refractivity contribution is 0.409. The molecule has 0 fully saturated rings. The fourth-order valence-electron chi connectivity index (χ4n) is 1.95. The van der Waals surface area contributed by atoms with Gasteiger partial charge in [0, 0.05) is 15.6 Å². The topological polar surface area (TPSA) is 9.23 Å². The smallest absolute Gasteiger partial charge is 0.194 e. The molecule has 0 aliphatic heterocycles. The Morgan fingerprint density at radius 1 is 1.05 bits per heavy atom. The van der Waals surface area contributed by atoms with Crippen LogP contribution in [0, 0.1) is 24.4 Å². The van der Waals surface area contributed by atoms with Gasteiger partial charge >= 0.3 is 0 Å². The van der Waals surface area contributed by atoms with Crippen molar-refractivity contribution in [1.82, 2.24) is 0 Å². The molecular formula is C15H11Br2F3O. The van der Waals surface area contributed by atoms with E-state index in [1.807, 2.05) is 6.92 Å². The summed E-state index contributed by atoms with van der Waals surface area (Å²) in [5.41, 5.74) is 1.56. The van der Waals surface area contributed by atoms with E-state index in [1.165, 1.54) is 13.2 Å². The zero-order valence-electron chi connectivity index (χ0n) is 11.2. The first-order valence-corrected chi connectivity index (χ1v) is 7.69. The highest BCUT2D eigenvalue weighted by Gasteiger charge is 2.23. The van der Waals surface area contributed by atoms with Crippen LogP contribution >= 0.6 is 31.9 Å². The van der Waals surface area contributed by atoms with Gasteiger partial charge in [0.25, 0.3) is 0 Å². The molecule has 2 aromatic rings. The molecule has 0 N–H and O–H groups in total. The van der Waals surface area contributed by atoms with E-state index >= 15 is 0 Å². The predicted octanol–water partition coefficient (Wildman–Crippen LogP) is 5.67. The van der Waals surface area contributed by atoms with Gasteiger partial charge in [0.05, 0.1) is 11.9 Å². The molecule has 0 aliphatic carbocycles. The van der Waals surface area contributed by atoms with Gasteiger partial charge in [-0.1, -0.05) is 37.9 Å². The van der Waals surface area contributed by atoms with Gasteiger partial charge in [-0.25, -0.2) is 13.2 Å². The van der Waals surface area contributed by atoms with Gasteiger partial charge in [-0.05, 0) is 30.7 Å². The molecule has 0 aliphatic rings. The van der Waals surface area contributed by atoms with Crippen molar-refractivity contribution < 1.29 is 17.9 Å². The van der Waals surface area contributed by atoms with Crippen molar-refractivity contribution in [2.75, 3.05) is 7.11 Å². The SMILES string of the molecule is COc1cc(C)c(Br)cc1C(Br)c1ccc(F)c(F)c1F. The standard InChI is InChI=1S/C15H11Br2F3O/c1-7-5-12(21-2)9(6-10(7)16)13(17)8-3-4-11(18)15(20)14(8)19/h3-6,13H,1-2H3. The number of hydrogen-bond acceptors (Lipinski definition) is 1. The number of methoxy groups -OCH3 is 1. The molecule has 0 spiro atoms. The molecule has 1 unspecified atom stereocenters. The lowest BCUT2D eigenvalue weighted by Crippen LogP contribution is -2.03. The van der Waals surface area contributed by atoms with Crippen LogP contribution in [0.2, 0.25) is 0 Å². The second kappa shape index (κ2) is 6.40. The van der Waals surface area contributed by atoms with Gasteiger partial charge < -0.3 is 4.74 Å². The number of hydrogen-bond donors (Lipinski definition) is 0. The summed E-state index contributed by atoms with van der Waals surface area (Å²) < 4.78 is 46.4. The van der Waals surface area contributed by atoms with E-state index in [2.05, 4.69) is 31.9 Å². The molecule has 2 aromatic carbocycles. The van der Waals surface area contributed by atoms with E-state index in [-0.39, 0.29) is 5.56 Å². The molecule has 112 valence electrons. The highest BCUT2D eigenvalue weighted by molar-refractivity contribution is 9.10. The third-order valence-electron chi connectivity index (χ3n) is 3.12. The monoisotopic (exact) mass is 422 g/mol. The molecule has 0 aromatic heterocycles. The van der Waals surface area contributed by atoms with Crippen LogP contribution in [0.3, 0.4) is 0 Å². The van der Waals surface area contributed by atoms with Gasteiger partial charge in [-0.2, -0.15) is 0 Å². The lowest BCUT2D eigenvalue weighted by atomic mass is 10.0. The normalized spacial score (nSPS) is 12.3. The first-order valence-electron chi connectivity index (χ1n) is 5.98. The summed E-state index contributed by atoms with van der Waals surface area (Å²) >= 11 is 6.71. The number of halogens is 5.